The molecule has 104 valence electrons. The zero-order valence-electron chi connectivity index (χ0n) is 11.8. The molecule has 1 saturated heterocycles. The first-order valence-electron chi connectivity index (χ1n) is 7.32. The summed E-state index contributed by atoms with van der Waals surface area (Å²) >= 11 is 0. The van der Waals surface area contributed by atoms with Crippen LogP contribution < -0.4 is 5.73 Å². The van der Waals surface area contributed by atoms with Crippen LogP contribution in [0.3, 0.4) is 0 Å². The number of hydrogen-bond donors (Lipinski definition) is 1. The summed E-state index contributed by atoms with van der Waals surface area (Å²) in [5, 5.41) is 0. The van der Waals surface area contributed by atoms with Crippen LogP contribution >= 0.6 is 0 Å². The smallest absolute Gasteiger partial charge is 0.227 e. The van der Waals surface area contributed by atoms with E-state index in [1.165, 1.54) is 12.8 Å². The first-order chi connectivity index (χ1) is 9.20. The molecule has 1 aromatic carbocycles. The summed E-state index contributed by atoms with van der Waals surface area (Å²) < 4.78 is 0. The minimum absolute atomic E-state index is 0.216. The lowest BCUT2D eigenvalue weighted by Crippen LogP contribution is -2.39. The van der Waals surface area contributed by atoms with Crippen LogP contribution in [-0.2, 0) is 11.2 Å². The third kappa shape index (κ3) is 3.72. The minimum Gasteiger partial charge on any atom is -0.398 e. The van der Waals surface area contributed by atoms with Crippen molar-refractivity contribution < 1.29 is 4.79 Å². The van der Waals surface area contributed by atoms with E-state index in [0.29, 0.717) is 6.42 Å². The predicted octanol–water partition coefficient (Wildman–Crippen LogP) is 2.85. The highest BCUT2D eigenvalue weighted by Crippen LogP contribution is 2.22. The number of nitrogen functional groups attached to an aromatic ring is 1. The van der Waals surface area contributed by atoms with Crippen molar-refractivity contribution in [2.45, 2.75) is 39.0 Å². The molecule has 0 atom stereocenters. The van der Waals surface area contributed by atoms with Gasteiger partial charge < -0.3 is 10.6 Å². The predicted molar refractivity (Wildman–Crippen MR) is 78.8 cm³/mol. The number of para-hydroxylation sites is 1. The lowest BCUT2D eigenvalue weighted by Gasteiger charge is -2.32. The van der Waals surface area contributed by atoms with Gasteiger partial charge in [-0.2, -0.15) is 0 Å². The Morgan fingerprint density at radius 2 is 2.00 bits per heavy atom. The van der Waals surface area contributed by atoms with Crippen molar-refractivity contribution in [1.82, 2.24) is 4.90 Å². The van der Waals surface area contributed by atoms with Crippen LogP contribution in [0, 0.1) is 5.92 Å². The van der Waals surface area contributed by atoms with Gasteiger partial charge in [0.05, 0.1) is 6.42 Å². The molecule has 0 unspecified atom stereocenters. The number of piperidine rings is 1. The molecule has 1 heterocycles. The number of rotatable bonds is 4. The van der Waals surface area contributed by atoms with Gasteiger partial charge >= 0.3 is 0 Å². The number of anilines is 1. The van der Waals surface area contributed by atoms with Gasteiger partial charge in [0.1, 0.15) is 0 Å². The van der Waals surface area contributed by atoms with E-state index in [-0.39, 0.29) is 5.91 Å². The van der Waals surface area contributed by atoms with Crippen LogP contribution in [0.25, 0.3) is 0 Å². The normalized spacial score (nSPS) is 16.6. The Hall–Kier alpha value is -1.51. The summed E-state index contributed by atoms with van der Waals surface area (Å²) in [6.45, 7) is 4.06. The second-order valence-corrected chi connectivity index (χ2v) is 5.49. The van der Waals surface area contributed by atoms with Gasteiger partial charge in [-0.05, 0) is 30.4 Å². The number of hydrogen-bond acceptors (Lipinski definition) is 2. The quantitative estimate of drug-likeness (QED) is 0.846. The van der Waals surface area contributed by atoms with Crippen molar-refractivity contribution >= 4 is 11.6 Å². The van der Waals surface area contributed by atoms with E-state index in [9.17, 15) is 4.79 Å². The van der Waals surface area contributed by atoms with Crippen LogP contribution in [0.5, 0.6) is 0 Å². The molecule has 0 radical (unpaired) electrons. The maximum absolute atomic E-state index is 12.3. The number of nitrogens with two attached hydrogens (primary N) is 1. The Bertz CT molecular complexity index is 423. The second-order valence-electron chi connectivity index (χ2n) is 5.49. The number of carbonyl (C=O) groups excluding carboxylic acids is 1. The largest absolute Gasteiger partial charge is 0.398 e. The summed E-state index contributed by atoms with van der Waals surface area (Å²) in [6.07, 6.45) is 5.30. The van der Waals surface area contributed by atoms with E-state index in [1.807, 2.05) is 29.2 Å². The van der Waals surface area contributed by atoms with Crippen molar-refractivity contribution in [3.05, 3.63) is 29.8 Å². The van der Waals surface area contributed by atoms with Gasteiger partial charge in [0.25, 0.3) is 0 Å². The molecule has 3 nitrogen and oxygen atoms in total. The lowest BCUT2D eigenvalue weighted by atomic mass is 9.92. The van der Waals surface area contributed by atoms with E-state index < -0.39 is 0 Å². The third-order valence-electron chi connectivity index (χ3n) is 4.06. The Morgan fingerprint density at radius 1 is 1.32 bits per heavy atom. The molecule has 1 fully saturated rings. The van der Waals surface area contributed by atoms with Crippen LogP contribution in [0.2, 0.25) is 0 Å². The summed E-state index contributed by atoms with van der Waals surface area (Å²) in [5.74, 6) is 1.03. The SMILES string of the molecule is CCCC1CCN(C(=O)Cc2ccccc2N)CC1. The van der Waals surface area contributed by atoms with E-state index >= 15 is 0 Å². The Morgan fingerprint density at radius 3 is 2.63 bits per heavy atom. The zero-order valence-corrected chi connectivity index (χ0v) is 11.8. The topological polar surface area (TPSA) is 46.3 Å². The second kappa shape index (κ2) is 6.60. The zero-order chi connectivity index (χ0) is 13.7. The number of carbonyl (C=O) groups is 1. The molecule has 1 aliphatic rings. The first kappa shape index (κ1) is 13.9. The molecule has 0 aromatic heterocycles. The molecule has 2 rings (SSSR count). The average Bonchev–Trinajstić information content (AvgIpc) is 2.42. The fourth-order valence-electron chi connectivity index (χ4n) is 2.85. The number of nitrogens with zero attached hydrogens (tertiary/aromatic N) is 1. The van der Waals surface area contributed by atoms with Gasteiger partial charge in [-0.25, -0.2) is 0 Å². The van der Waals surface area contributed by atoms with Crippen molar-refractivity contribution in [2.24, 2.45) is 5.92 Å². The van der Waals surface area contributed by atoms with Crippen molar-refractivity contribution in [3.63, 3.8) is 0 Å². The summed E-state index contributed by atoms with van der Waals surface area (Å²) in [4.78, 5) is 14.3. The highest BCUT2D eigenvalue weighted by atomic mass is 16.2. The number of likely N-dealkylation sites (tertiary alicyclic amines) is 1. The van der Waals surface area contributed by atoms with Crippen LogP contribution in [0.15, 0.2) is 24.3 Å². The van der Waals surface area contributed by atoms with Gasteiger partial charge in [0.15, 0.2) is 0 Å². The molecule has 0 spiro atoms. The average molecular weight is 260 g/mol. The summed E-state index contributed by atoms with van der Waals surface area (Å²) in [7, 11) is 0. The fraction of sp³-hybridized carbons (Fsp3) is 0.562. The molecular formula is C16H24N2O. The molecule has 1 aromatic rings. The Kier molecular flexibility index (Phi) is 4.83. The van der Waals surface area contributed by atoms with Crippen molar-refractivity contribution in [1.29, 1.82) is 0 Å². The van der Waals surface area contributed by atoms with Crippen LogP contribution in [0.4, 0.5) is 5.69 Å². The highest BCUT2D eigenvalue weighted by Gasteiger charge is 2.22. The van der Waals surface area contributed by atoms with E-state index in [4.69, 9.17) is 5.73 Å². The van der Waals surface area contributed by atoms with E-state index in [1.54, 1.807) is 0 Å². The molecule has 0 saturated carbocycles. The van der Waals surface area contributed by atoms with Crippen LogP contribution in [0.1, 0.15) is 38.2 Å². The molecule has 1 amide bonds. The molecule has 3 heteroatoms. The summed E-state index contributed by atoms with van der Waals surface area (Å²) in [6, 6.07) is 7.64. The lowest BCUT2D eigenvalue weighted by molar-refractivity contribution is -0.131. The molecule has 2 N–H and O–H groups in total. The van der Waals surface area contributed by atoms with Gasteiger partial charge in [-0.15, -0.1) is 0 Å². The monoisotopic (exact) mass is 260 g/mol. The number of amides is 1. The third-order valence-corrected chi connectivity index (χ3v) is 4.06. The maximum atomic E-state index is 12.3. The van der Waals surface area contributed by atoms with Gasteiger partial charge in [-0.1, -0.05) is 38.0 Å². The molecule has 0 aliphatic carbocycles. The molecule has 0 bridgehead atoms. The molecular weight excluding hydrogens is 236 g/mol. The van der Waals surface area contributed by atoms with Crippen molar-refractivity contribution in [2.75, 3.05) is 18.8 Å². The minimum atomic E-state index is 0.216. The number of benzene rings is 1. The molecule has 19 heavy (non-hydrogen) atoms. The van der Waals surface area contributed by atoms with Gasteiger partial charge in [0.2, 0.25) is 5.91 Å². The summed E-state index contributed by atoms with van der Waals surface area (Å²) in [5.41, 5.74) is 7.56. The van der Waals surface area contributed by atoms with Gasteiger partial charge in [0, 0.05) is 18.8 Å². The first-order valence-corrected chi connectivity index (χ1v) is 7.32. The Balaban J connectivity index is 1.87. The highest BCUT2D eigenvalue weighted by molar-refractivity contribution is 5.80. The Labute approximate surface area is 115 Å². The van der Waals surface area contributed by atoms with E-state index in [2.05, 4.69) is 6.92 Å². The van der Waals surface area contributed by atoms with E-state index in [0.717, 1.165) is 43.1 Å². The molecule has 1 aliphatic heterocycles. The standard InChI is InChI=1S/C16H24N2O/c1-2-5-13-8-10-18(11-9-13)16(19)12-14-6-3-4-7-15(14)17/h3-4,6-7,13H,2,5,8-12,17H2,1H3. The van der Waals surface area contributed by atoms with Crippen molar-refractivity contribution in [3.8, 4) is 0 Å². The maximum Gasteiger partial charge on any atom is 0.227 e. The van der Waals surface area contributed by atoms with Crippen LogP contribution in [-0.4, -0.2) is 23.9 Å². The van der Waals surface area contributed by atoms with Gasteiger partial charge in [-0.3, -0.25) is 4.79 Å². The fourth-order valence-corrected chi connectivity index (χ4v) is 2.85.